The minimum atomic E-state index is -3.08. The van der Waals surface area contributed by atoms with Gasteiger partial charge in [-0.25, -0.2) is 4.39 Å². The Labute approximate surface area is 90.2 Å². The van der Waals surface area contributed by atoms with E-state index in [1.165, 1.54) is 6.07 Å². The number of benzene rings is 1. The van der Waals surface area contributed by atoms with E-state index in [1.807, 2.05) is 0 Å². The summed E-state index contributed by atoms with van der Waals surface area (Å²) >= 11 is 0. The molecule has 0 aliphatic carbocycles. The van der Waals surface area contributed by atoms with E-state index in [9.17, 15) is 18.0 Å². The lowest BCUT2D eigenvalue weighted by atomic mass is 10.3. The maximum atomic E-state index is 13.2. The predicted octanol–water partition coefficient (Wildman–Crippen LogP) is 2.78. The smallest absolute Gasteiger partial charge is 0.387 e. The zero-order valence-corrected chi connectivity index (χ0v) is 8.47. The minimum Gasteiger partial charge on any atom is -0.432 e. The standard InChI is InChI=1S/C10H10F3NO2/c1-2-9(15)14-6-3-4-8(7(11)5-6)16-10(12)13/h3-5,10H,2H2,1H3,(H,14,15). The van der Waals surface area contributed by atoms with Crippen molar-refractivity contribution in [1.29, 1.82) is 0 Å². The normalized spacial score (nSPS) is 10.3. The zero-order chi connectivity index (χ0) is 12.1. The van der Waals surface area contributed by atoms with Crippen molar-refractivity contribution in [1.82, 2.24) is 0 Å². The second-order valence-corrected chi connectivity index (χ2v) is 2.93. The minimum absolute atomic E-state index is 0.200. The summed E-state index contributed by atoms with van der Waals surface area (Å²) in [6.45, 7) is -1.44. The summed E-state index contributed by atoms with van der Waals surface area (Å²) in [5, 5.41) is 2.39. The van der Waals surface area contributed by atoms with E-state index in [4.69, 9.17) is 0 Å². The van der Waals surface area contributed by atoms with Crippen LogP contribution in [-0.4, -0.2) is 12.5 Å². The SMILES string of the molecule is CCC(=O)Nc1ccc(OC(F)F)c(F)c1. The Kier molecular flexibility index (Phi) is 4.16. The highest BCUT2D eigenvalue weighted by atomic mass is 19.3. The van der Waals surface area contributed by atoms with E-state index < -0.39 is 18.2 Å². The third-order valence-corrected chi connectivity index (χ3v) is 1.75. The number of carbonyl (C=O) groups is 1. The van der Waals surface area contributed by atoms with Gasteiger partial charge in [-0.1, -0.05) is 6.92 Å². The molecule has 0 saturated heterocycles. The van der Waals surface area contributed by atoms with Gasteiger partial charge in [-0.05, 0) is 12.1 Å². The van der Waals surface area contributed by atoms with Gasteiger partial charge < -0.3 is 10.1 Å². The Morgan fingerprint density at radius 2 is 2.19 bits per heavy atom. The molecule has 0 spiro atoms. The Hall–Kier alpha value is -1.72. The molecule has 3 nitrogen and oxygen atoms in total. The van der Waals surface area contributed by atoms with E-state index >= 15 is 0 Å². The van der Waals surface area contributed by atoms with Gasteiger partial charge in [-0.3, -0.25) is 4.79 Å². The first-order valence-electron chi connectivity index (χ1n) is 4.57. The predicted molar refractivity (Wildman–Crippen MR) is 52.0 cm³/mol. The van der Waals surface area contributed by atoms with Crippen molar-refractivity contribution in [2.24, 2.45) is 0 Å². The Morgan fingerprint density at radius 1 is 1.50 bits per heavy atom. The van der Waals surface area contributed by atoms with Crippen LogP contribution >= 0.6 is 0 Å². The number of carbonyl (C=O) groups excluding carboxylic acids is 1. The number of hydrogen-bond acceptors (Lipinski definition) is 2. The van der Waals surface area contributed by atoms with Crippen LogP contribution in [0.1, 0.15) is 13.3 Å². The molecule has 0 fully saturated rings. The molecule has 6 heteroatoms. The molecular weight excluding hydrogens is 223 g/mol. The van der Waals surface area contributed by atoms with Gasteiger partial charge >= 0.3 is 6.61 Å². The van der Waals surface area contributed by atoms with Crippen LogP contribution in [0.5, 0.6) is 5.75 Å². The lowest BCUT2D eigenvalue weighted by Gasteiger charge is -2.08. The van der Waals surface area contributed by atoms with Crippen LogP contribution in [0.25, 0.3) is 0 Å². The highest BCUT2D eigenvalue weighted by Gasteiger charge is 2.10. The molecular formula is C10H10F3NO2. The fourth-order valence-corrected chi connectivity index (χ4v) is 1.02. The molecule has 88 valence electrons. The quantitative estimate of drug-likeness (QED) is 0.868. The van der Waals surface area contributed by atoms with Gasteiger partial charge in [-0.2, -0.15) is 8.78 Å². The van der Waals surface area contributed by atoms with Crippen LogP contribution in [0.3, 0.4) is 0 Å². The Balaban J connectivity index is 2.78. The van der Waals surface area contributed by atoms with Gasteiger partial charge in [0.05, 0.1) is 0 Å². The van der Waals surface area contributed by atoms with Crippen molar-refractivity contribution >= 4 is 11.6 Å². The maximum absolute atomic E-state index is 13.2. The van der Waals surface area contributed by atoms with Crippen LogP contribution in [0.2, 0.25) is 0 Å². The van der Waals surface area contributed by atoms with Crippen LogP contribution in [0, 0.1) is 5.82 Å². The molecule has 0 atom stereocenters. The number of halogens is 3. The van der Waals surface area contributed by atoms with E-state index in [0.29, 0.717) is 0 Å². The van der Waals surface area contributed by atoms with Crippen molar-refractivity contribution in [2.75, 3.05) is 5.32 Å². The van der Waals surface area contributed by atoms with Crippen molar-refractivity contribution in [3.8, 4) is 5.75 Å². The molecule has 0 aliphatic rings. The molecule has 1 N–H and O–H groups in total. The van der Waals surface area contributed by atoms with Gasteiger partial charge in [0.25, 0.3) is 0 Å². The summed E-state index contributed by atoms with van der Waals surface area (Å²) < 4.78 is 40.7. The van der Waals surface area contributed by atoms with E-state index in [-0.39, 0.29) is 18.0 Å². The summed E-state index contributed by atoms with van der Waals surface area (Å²) in [6, 6.07) is 3.24. The average Bonchev–Trinajstić information content (AvgIpc) is 2.21. The Morgan fingerprint density at radius 3 is 2.69 bits per heavy atom. The van der Waals surface area contributed by atoms with Crippen LogP contribution in [-0.2, 0) is 4.79 Å². The lowest BCUT2D eigenvalue weighted by Crippen LogP contribution is -2.10. The number of alkyl halides is 2. The topological polar surface area (TPSA) is 38.3 Å². The summed E-state index contributed by atoms with van der Waals surface area (Å²) in [5.41, 5.74) is 0.200. The summed E-state index contributed by atoms with van der Waals surface area (Å²) in [5.74, 6) is -1.79. The fourth-order valence-electron chi connectivity index (χ4n) is 1.02. The molecule has 1 aromatic rings. The first kappa shape index (κ1) is 12.4. The van der Waals surface area contributed by atoms with Gasteiger partial charge in [0.1, 0.15) is 0 Å². The van der Waals surface area contributed by atoms with Gasteiger partial charge in [0.2, 0.25) is 5.91 Å². The molecule has 16 heavy (non-hydrogen) atoms. The highest BCUT2D eigenvalue weighted by Crippen LogP contribution is 2.22. The van der Waals surface area contributed by atoms with Crippen molar-refractivity contribution in [2.45, 2.75) is 20.0 Å². The van der Waals surface area contributed by atoms with Crippen molar-refractivity contribution in [3.05, 3.63) is 24.0 Å². The van der Waals surface area contributed by atoms with Crippen LogP contribution in [0.15, 0.2) is 18.2 Å². The molecule has 0 saturated carbocycles. The monoisotopic (exact) mass is 233 g/mol. The molecule has 1 aromatic carbocycles. The van der Waals surface area contributed by atoms with Gasteiger partial charge in [0.15, 0.2) is 11.6 Å². The Bertz CT molecular complexity index is 382. The second kappa shape index (κ2) is 5.39. The van der Waals surface area contributed by atoms with E-state index in [0.717, 1.165) is 12.1 Å². The average molecular weight is 233 g/mol. The lowest BCUT2D eigenvalue weighted by molar-refractivity contribution is -0.115. The molecule has 0 aromatic heterocycles. The molecule has 1 amide bonds. The van der Waals surface area contributed by atoms with Gasteiger partial charge in [-0.15, -0.1) is 0 Å². The third-order valence-electron chi connectivity index (χ3n) is 1.75. The number of rotatable bonds is 4. The first-order valence-corrected chi connectivity index (χ1v) is 4.57. The maximum Gasteiger partial charge on any atom is 0.387 e. The molecule has 0 radical (unpaired) electrons. The van der Waals surface area contributed by atoms with Crippen molar-refractivity contribution < 1.29 is 22.7 Å². The molecule has 0 heterocycles. The van der Waals surface area contributed by atoms with E-state index in [1.54, 1.807) is 6.92 Å². The number of nitrogens with one attached hydrogen (secondary N) is 1. The van der Waals surface area contributed by atoms with Crippen LogP contribution < -0.4 is 10.1 Å². The molecule has 0 aliphatic heterocycles. The van der Waals surface area contributed by atoms with Crippen LogP contribution in [0.4, 0.5) is 18.9 Å². The summed E-state index contributed by atoms with van der Waals surface area (Å²) in [6.07, 6.45) is 0.247. The first-order chi connectivity index (χ1) is 7.52. The molecule has 0 unspecified atom stereocenters. The number of amides is 1. The zero-order valence-electron chi connectivity index (χ0n) is 8.47. The van der Waals surface area contributed by atoms with Gasteiger partial charge in [0, 0.05) is 18.2 Å². The number of anilines is 1. The highest BCUT2D eigenvalue weighted by molar-refractivity contribution is 5.90. The largest absolute Gasteiger partial charge is 0.432 e. The molecule has 1 rings (SSSR count). The number of ether oxygens (including phenoxy) is 1. The third kappa shape index (κ3) is 3.45. The summed E-state index contributed by atoms with van der Waals surface area (Å²) in [4.78, 5) is 11.0. The molecule has 0 bridgehead atoms. The van der Waals surface area contributed by atoms with E-state index in [2.05, 4.69) is 10.1 Å². The second-order valence-electron chi connectivity index (χ2n) is 2.93. The summed E-state index contributed by atoms with van der Waals surface area (Å²) in [7, 11) is 0. The van der Waals surface area contributed by atoms with Crippen molar-refractivity contribution in [3.63, 3.8) is 0 Å². The number of hydrogen-bond donors (Lipinski definition) is 1. The fraction of sp³-hybridized carbons (Fsp3) is 0.300.